The molecule has 0 bridgehead atoms. The molecule has 26 heavy (non-hydrogen) atoms. The highest BCUT2D eigenvalue weighted by molar-refractivity contribution is 7.10. The lowest BCUT2D eigenvalue weighted by atomic mass is 10.2. The number of nitrogens with one attached hydrogen (secondary N) is 1. The molecule has 1 saturated heterocycles. The first kappa shape index (κ1) is 17.2. The third-order valence-corrected chi connectivity index (χ3v) is 5.91. The van der Waals surface area contributed by atoms with E-state index in [1.165, 1.54) is 17.7 Å². The van der Waals surface area contributed by atoms with E-state index in [4.69, 9.17) is 0 Å². The van der Waals surface area contributed by atoms with Crippen molar-refractivity contribution in [3.8, 4) is 0 Å². The highest BCUT2D eigenvalue weighted by Crippen LogP contribution is 2.28. The molecule has 1 aliphatic heterocycles. The molecule has 3 aromatic rings. The van der Waals surface area contributed by atoms with Crippen LogP contribution in [-0.2, 0) is 0 Å². The molecule has 0 spiro atoms. The molecule has 3 aromatic heterocycles. The van der Waals surface area contributed by atoms with Gasteiger partial charge in [-0.05, 0) is 57.3 Å². The zero-order valence-corrected chi connectivity index (χ0v) is 15.9. The number of aryl methyl sites for hydroxylation is 2. The van der Waals surface area contributed by atoms with Crippen LogP contribution in [0.25, 0.3) is 5.65 Å². The van der Waals surface area contributed by atoms with Crippen LogP contribution in [0.2, 0.25) is 0 Å². The minimum absolute atomic E-state index is 0.113. The average Bonchev–Trinajstić information content (AvgIpc) is 3.36. The van der Waals surface area contributed by atoms with Gasteiger partial charge in [-0.3, -0.25) is 9.69 Å². The van der Waals surface area contributed by atoms with Gasteiger partial charge in [-0.15, -0.1) is 11.3 Å². The summed E-state index contributed by atoms with van der Waals surface area (Å²) >= 11 is 1.75. The Labute approximate surface area is 156 Å². The Kier molecular flexibility index (Phi) is 4.74. The van der Waals surface area contributed by atoms with Gasteiger partial charge in [-0.1, -0.05) is 6.07 Å². The molecular weight excluding hydrogens is 346 g/mol. The first-order valence-electron chi connectivity index (χ1n) is 9.01. The monoisotopic (exact) mass is 369 g/mol. The number of likely N-dealkylation sites (tertiary alicyclic amines) is 1. The molecule has 1 aliphatic rings. The Morgan fingerprint density at radius 3 is 2.88 bits per heavy atom. The van der Waals surface area contributed by atoms with Crippen molar-refractivity contribution in [1.29, 1.82) is 0 Å². The van der Waals surface area contributed by atoms with E-state index in [0.717, 1.165) is 24.5 Å². The van der Waals surface area contributed by atoms with E-state index in [9.17, 15) is 4.79 Å². The summed E-state index contributed by atoms with van der Waals surface area (Å²) in [6.45, 7) is 6.68. The van der Waals surface area contributed by atoms with Gasteiger partial charge in [0.05, 0.1) is 12.2 Å². The zero-order valence-electron chi connectivity index (χ0n) is 15.1. The Morgan fingerprint density at radius 2 is 2.15 bits per heavy atom. The van der Waals surface area contributed by atoms with Crippen LogP contribution in [0.15, 0.2) is 29.8 Å². The molecule has 0 unspecified atom stereocenters. The highest BCUT2D eigenvalue weighted by atomic mass is 32.1. The normalized spacial score (nSPS) is 16.2. The Morgan fingerprint density at radius 1 is 1.35 bits per heavy atom. The molecular formula is C19H23N5OS. The smallest absolute Gasteiger partial charge is 0.256 e. The summed E-state index contributed by atoms with van der Waals surface area (Å²) < 4.78 is 1.72. The number of nitrogens with zero attached hydrogens (tertiary/aromatic N) is 4. The van der Waals surface area contributed by atoms with Gasteiger partial charge in [0.1, 0.15) is 5.56 Å². The predicted octanol–water partition coefficient (Wildman–Crippen LogP) is 2.97. The number of fused-ring (bicyclic) bond motifs is 1. The maximum absolute atomic E-state index is 12.8. The molecule has 0 aromatic carbocycles. The van der Waals surface area contributed by atoms with E-state index >= 15 is 0 Å². The maximum atomic E-state index is 12.8. The molecule has 0 radical (unpaired) electrons. The molecule has 0 saturated carbocycles. The van der Waals surface area contributed by atoms with Crippen molar-refractivity contribution < 1.29 is 4.79 Å². The minimum atomic E-state index is -0.113. The molecule has 1 fully saturated rings. The molecule has 7 heteroatoms. The third-order valence-electron chi connectivity index (χ3n) is 4.93. The average molecular weight is 369 g/mol. The van der Waals surface area contributed by atoms with Crippen LogP contribution in [0, 0.1) is 13.8 Å². The minimum Gasteiger partial charge on any atom is -0.350 e. The third kappa shape index (κ3) is 3.24. The number of thiophene rings is 1. The Hall–Kier alpha value is -2.25. The van der Waals surface area contributed by atoms with Crippen LogP contribution < -0.4 is 5.32 Å². The van der Waals surface area contributed by atoms with Gasteiger partial charge in [-0.25, -0.2) is 9.50 Å². The summed E-state index contributed by atoms with van der Waals surface area (Å²) in [5, 5.41) is 9.53. The summed E-state index contributed by atoms with van der Waals surface area (Å²) in [6.07, 6.45) is 4.07. The quantitative estimate of drug-likeness (QED) is 0.751. The molecule has 1 N–H and O–H groups in total. The SMILES string of the molecule is Cc1cc(C)n2ncc(C(=O)NC[C@@H](c3cccs3)N3CCCC3)c2n1. The zero-order chi connectivity index (χ0) is 18.1. The van der Waals surface area contributed by atoms with Gasteiger partial charge in [0.15, 0.2) is 5.65 Å². The first-order valence-corrected chi connectivity index (χ1v) is 9.89. The van der Waals surface area contributed by atoms with E-state index in [2.05, 4.69) is 37.8 Å². The number of hydrogen-bond acceptors (Lipinski definition) is 5. The van der Waals surface area contributed by atoms with Crippen LogP contribution in [0.5, 0.6) is 0 Å². The fourth-order valence-corrected chi connectivity index (χ4v) is 4.52. The number of hydrogen-bond donors (Lipinski definition) is 1. The van der Waals surface area contributed by atoms with Crippen molar-refractivity contribution >= 4 is 22.9 Å². The molecule has 136 valence electrons. The van der Waals surface area contributed by atoms with Crippen molar-refractivity contribution in [2.24, 2.45) is 0 Å². The summed E-state index contributed by atoms with van der Waals surface area (Å²) in [4.78, 5) is 21.1. The van der Waals surface area contributed by atoms with Crippen LogP contribution >= 0.6 is 11.3 Å². The number of aromatic nitrogens is 3. The molecule has 1 atom stereocenters. The topological polar surface area (TPSA) is 62.5 Å². The van der Waals surface area contributed by atoms with E-state index in [0.29, 0.717) is 17.8 Å². The predicted molar refractivity (Wildman–Crippen MR) is 103 cm³/mol. The number of carbonyl (C=O) groups is 1. The lowest BCUT2D eigenvalue weighted by Crippen LogP contribution is -2.36. The van der Waals surface area contributed by atoms with Crippen LogP contribution in [-0.4, -0.2) is 45.0 Å². The standard InChI is InChI=1S/C19H23N5OS/c1-13-10-14(2)24-18(22-13)15(11-21-24)19(25)20-12-16(17-6-5-9-26-17)23-7-3-4-8-23/h5-6,9-11,16H,3-4,7-8,12H2,1-2H3,(H,20,25)/t16-/m0/s1. The second kappa shape index (κ2) is 7.17. The number of rotatable bonds is 5. The molecule has 4 heterocycles. The van der Waals surface area contributed by atoms with E-state index in [-0.39, 0.29) is 11.9 Å². The van der Waals surface area contributed by atoms with Gasteiger partial charge in [0.25, 0.3) is 5.91 Å². The Balaban J connectivity index is 1.54. The van der Waals surface area contributed by atoms with Gasteiger partial charge >= 0.3 is 0 Å². The van der Waals surface area contributed by atoms with Gasteiger partial charge in [0, 0.05) is 22.8 Å². The van der Waals surface area contributed by atoms with E-state index in [1.54, 1.807) is 22.0 Å². The van der Waals surface area contributed by atoms with Crippen LogP contribution in [0.3, 0.4) is 0 Å². The molecule has 4 rings (SSSR count). The van der Waals surface area contributed by atoms with Gasteiger partial charge in [0.2, 0.25) is 0 Å². The van der Waals surface area contributed by atoms with Crippen molar-refractivity contribution in [1.82, 2.24) is 24.8 Å². The van der Waals surface area contributed by atoms with Crippen molar-refractivity contribution in [2.45, 2.75) is 32.7 Å². The van der Waals surface area contributed by atoms with Gasteiger partial charge in [-0.2, -0.15) is 5.10 Å². The number of amides is 1. The number of carbonyl (C=O) groups excluding carboxylic acids is 1. The molecule has 0 aliphatic carbocycles. The summed E-state index contributed by atoms with van der Waals surface area (Å²) in [5.41, 5.74) is 3.01. The van der Waals surface area contributed by atoms with Crippen molar-refractivity contribution in [2.75, 3.05) is 19.6 Å². The van der Waals surface area contributed by atoms with Crippen molar-refractivity contribution in [3.05, 3.63) is 51.6 Å². The van der Waals surface area contributed by atoms with E-state index < -0.39 is 0 Å². The second-order valence-electron chi connectivity index (χ2n) is 6.82. The highest BCUT2D eigenvalue weighted by Gasteiger charge is 2.25. The lowest BCUT2D eigenvalue weighted by molar-refractivity contribution is 0.0940. The van der Waals surface area contributed by atoms with Gasteiger partial charge < -0.3 is 5.32 Å². The van der Waals surface area contributed by atoms with Crippen LogP contribution in [0.4, 0.5) is 0 Å². The molecule has 1 amide bonds. The fraction of sp³-hybridized carbons (Fsp3) is 0.421. The summed E-state index contributed by atoms with van der Waals surface area (Å²) in [7, 11) is 0. The summed E-state index contributed by atoms with van der Waals surface area (Å²) in [6, 6.07) is 6.43. The molecule has 6 nitrogen and oxygen atoms in total. The van der Waals surface area contributed by atoms with Crippen LogP contribution in [0.1, 0.15) is 45.5 Å². The fourth-order valence-electron chi connectivity index (χ4n) is 3.66. The van der Waals surface area contributed by atoms with Crippen molar-refractivity contribution in [3.63, 3.8) is 0 Å². The second-order valence-corrected chi connectivity index (χ2v) is 7.80. The first-order chi connectivity index (χ1) is 12.6. The summed E-state index contributed by atoms with van der Waals surface area (Å²) in [5.74, 6) is -0.113. The van der Waals surface area contributed by atoms with E-state index in [1.807, 2.05) is 19.9 Å². The Bertz CT molecular complexity index is 912. The lowest BCUT2D eigenvalue weighted by Gasteiger charge is -2.26. The largest absolute Gasteiger partial charge is 0.350 e. The maximum Gasteiger partial charge on any atom is 0.256 e.